The van der Waals surface area contributed by atoms with Crippen LogP contribution >= 0.6 is 0 Å². The molecule has 18 heavy (non-hydrogen) atoms. The number of anilines is 1. The van der Waals surface area contributed by atoms with Gasteiger partial charge in [-0.15, -0.1) is 0 Å². The molecular formula is C11H17N3O3S. The Kier molecular flexibility index (Phi) is 4.42. The van der Waals surface area contributed by atoms with Gasteiger partial charge in [0.05, 0.1) is 17.4 Å². The number of carbonyl (C=O) groups excluding carboxylic acids is 1. The Morgan fingerprint density at radius 1 is 1.50 bits per heavy atom. The average molecular weight is 271 g/mol. The normalized spacial score (nSPS) is 13.3. The van der Waals surface area contributed by atoms with Crippen molar-refractivity contribution in [3.05, 3.63) is 23.4 Å². The summed E-state index contributed by atoms with van der Waals surface area (Å²) in [7, 11) is -3.13. The molecule has 0 aliphatic rings. The number of aryl methyl sites for hydroxylation is 1. The molecule has 100 valence electrons. The molecule has 0 saturated carbocycles. The van der Waals surface area contributed by atoms with Crippen molar-refractivity contribution in [2.75, 3.05) is 17.7 Å². The molecule has 1 aromatic rings. The lowest BCUT2D eigenvalue weighted by Crippen LogP contribution is -2.33. The lowest BCUT2D eigenvalue weighted by atomic mass is 10.0. The quantitative estimate of drug-likeness (QED) is 0.723. The summed E-state index contributed by atoms with van der Waals surface area (Å²) in [5, 5.41) is 0. The van der Waals surface area contributed by atoms with E-state index >= 15 is 0 Å². The number of ketones is 1. The second kappa shape index (κ2) is 5.45. The van der Waals surface area contributed by atoms with Gasteiger partial charge in [0.15, 0.2) is 5.78 Å². The van der Waals surface area contributed by atoms with Gasteiger partial charge in [0.1, 0.15) is 15.7 Å². The molecule has 6 nitrogen and oxygen atoms in total. The predicted octanol–water partition coefficient (Wildman–Crippen LogP) is -0.0831. The number of sulfone groups is 1. The number of Topliss-reactive ketones (excluding diaryl/α,β-unsaturated/α-hetero) is 1. The van der Waals surface area contributed by atoms with Crippen molar-refractivity contribution in [2.45, 2.75) is 19.4 Å². The number of nitrogens with two attached hydrogens (primary N) is 2. The van der Waals surface area contributed by atoms with Crippen LogP contribution in [0.3, 0.4) is 0 Å². The Labute approximate surface area is 106 Å². The van der Waals surface area contributed by atoms with Gasteiger partial charge in [0.25, 0.3) is 0 Å². The molecule has 0 amide bonds. The molecule has 4 N–H and O–H groups in total. The van der Waals surface area contributed by atoms with Crippen LogP contribution in [0, 0.1) is 6.92 Å². The van der Waals surface area contributed by atoms with Gasteiger partial charge in [0, 0.05) is 12.5 Å². The van der Waals surface area contributed by atoms with Crippen LogP contribution in [0.1, 0.15) is 22.3 Å². The molecule has 1 aromatic heterocycles. The summed E-state index contributed by atoms with van der Waals surface area (Å²) in [6.07, 6.45) is 2.73. The van der Waals surface area contributed by atoms with Gasteiger partial charge in [0.2, 0.25) is 0 Å². The van der Waals surface area contributed by atoms with Crippen LogP contribution in [0.15, 0.2) is 12.3 Å². The molecule has 1 heterocycles. The fourth-order valence-electron chi connectivity index (χ4n) is 1.45. The molecule has 1 atom stereocenters. The van der Waals surface area contributed by atoms with Gasteiger partial charge in [-0.1, -0.05) is 0 Å². The minimum atomic E-state index is -3.13. The Morgan fingerprint density at radius 2 is 2.11 bits per heavy atom. The number of nitrogen functional groups attached to an aromatic ring is 1. The molecule has 0 fully saturated rings. The lowest BCUT2D eigenvalue weighted by Gasteiger charge is -2.11. The topological polar surface area (TPSA) is 116 Å². The molecule has 7 heteroatoms. The highest BCUT2D eigenvalue weighted by molar-refractivity contribution is 7.90. The number of rotatable bonds is 5. The molecule has 0 aliphatic heterocycles. The maximum absolute atomic E-state index is 12.0. The Morgan fingerprint density at radius 3 is 2.67 bits per heavy atom. The van der Waals surface area contributed by atoms with Crippen molar-refractivity contribution in [1.82, 2.24) is 4.98 Å². The van der Waals surface area contributed by atoms with E-state index < -0.39 is 15.9 Å². The molecule has 0 aromatic carbocycles. The van der Waals surface area contributed by atoms with Crippen LogP contribution in [0.25, 0.3) is 0 Å². The maximum atomic E-state index is 12.0. The van der Waals surface area contributed by atoms with Crippen LogP contribution in [0.2, 0.25) is 0 Å². The van der Waals surface area contributed by atoms with Gasteiger partial charge in [-0.2, -0.15) is 0 Å². The second-order valence-electron chi connectivity index (χ2n) is 4.33. The average Bonchev–Trinajstić information content (AvgIpc) is 2.27. The molecule has 0 aliphatic carbocycles. The smallest absolute Gasteiger partial charge is 0.183 e. The van der Waals surface area contributed by atoms with Crippen LogP contribution < -0.4 is 11.5 Å². The number of hydrogen-bond acceptors (Lipinski definition) is 6. The maximum Gasteiger partial charge on any atom is 0.183 e. The zero-order valence-electron chi connectivity index (χ0n) is 10.4. The summed E-state index contributed by atoms with van der Waals surface area (Å²) >= 11 is 0. The fraction of sp³-hybridized carbons (Fsp3) is 0.455. The third kappa shape index (κ3) is 4.08. The molecule has 0 radical (unpaired) electrons. The van der Waals surface area contributed by atoms with Gasteiger partial charge in [-0.05, 0) is 25.0 Å². The van der Waals surface area contributed by atoms with Gasteiger partial charge in [-0.3, -0.25) is 4.79 Å². The van der Waals surface area contributed by atoms with Gasteiger partial charge >= 0.3 is 0 Å². The van der Waals surface area contributed by atoms with Crippen LogP contribution in [-0.4, -0.2) is 37.2 Å². The zero-order chi connectivity index (χ0) is 13.9. The number of nitrogens with zero attached hydrogens (tertiary/aromatic N) is 1. The van der Waals surface area contributed by atoms with E-state index in [1.807, 2.05) is 0 Å². The summed E-state index contributed by atoms with van der Waals surface area (Å²) in [4.78, 5) is 15.9. The molecule has 0 spiro atoms. The summed E-state index contributed by atoms with van der Waals surface area (Å²) in [6, 6.07) is 0.718. The molecule has 0 saturated heterocycles. The van der Waals surface area contributed by atoms with E-state index in [9.17, 15) is 13.2 Å². The molecule has 1 unspecified atom stereocenters. The van der Waals surface area contributed by atoms with Crippen molar-refractivity contribution < 1.29 is 13.2 Å². The summed E-state index contributed by atoms with van der Waals surface area (Å²) in [5.74, 6) is -0.397. The van der Waals surface area contributed by atoms with E-state index in [0.29, 0.717) is 0 Å². The van der Waals surface area contributed by atoms with E-state index in [4.69, 9.17) is 11.5 Å². The SMILES string of the molecule is Cc1cnc(N)c(C(=O)C(N)CCS(C)(=O)=O)c1. The highest BCUT2D eigenvalue weighted by Gasteiger charge is 2.20. The molecule has 0 bridgehead atoms. The Bertz CT molecular complexity index is 555. The first-order valence-corrected chi connectivity index (χ1v) is 7.46. The van der Waals surface area contributed by atoms with Crippen LogP contribution in [0.4, 0.5) is 5.82 Å². The second-order valence-corrected chi connectivity index (χ2v) is 6.59. The van der Waals surface area contributed by atoms with E-state index in [2.05, 4.69) is 4.98 Å². The monoisotopic (exact) mass is 271 g/mol. The summed E-state index contributed by atoms with van der Waals surface area (Å²) < 4.78 is 22.0. The van der Waals surface area contributed by atoms with Crippen molar-refractivity contribution in [3.8, 4) is 0 Å². The fourth-order valence-corrected chi connectivity index (χ4v) is 2.13. The highest BCUT2D eigenvalue weighted by atomic mass is 32.2. The Balaban J connectivity index is 2.83. The number of pyridine rings is 1. The lowest BCUT2D eigenvalue weighted by molar-refractivity contribution is 0.0960. The first-order chi connectivity index (χ1) is 8.20. The van der Waals surface area contributed by atoms with E-state index in [0.717, 1.165) is 11.8 Å². The first-order valence-electron chi connectivity index (χ1n) is 5.40. The van der Waals surface area contributed by atoms with Crippen molar-refractivity contribution in [2.24, 2.45) is 5.73 Å². The third-order valence-electron chi connectivity index (χ3n) is 2.46. The standard InChI is InChI=1S/C11H17N3O3S/c1-7-5-8(11(13)14-6-7)10(15)9(12)3-4-18(2,16)17/h5-6,9H,3-4,12H2,1-2H3,(H2,13,14). The third-order valence-corrected chi connectivity index (χ3v) is 3.43. The van der Waals surface area contributed by atoms with Crippen molar-refractivity contribution in [1.29, 1.82) is 0 Å². The van der Waals surface area contributed by atoms with E-state index in [1.165, 1.54) is 0 Å². The van der Waals surface area contributed by atoms with E-state index in [1.54, 1.807) is 19.2 Å². The van der Waals surface area contributed by atoms with Gasteiger partial charge < -0.3 is 11.5 Å². The molecular weight excluding hydrogens is 254 g/mol. The Hall–Kier alpha value is -1.47. The minimum absolute atomic E-state index is 0.0745. The molecule has 1 rings (SSSR count). The van der Waals surface area contributed by atoms with Crippen molar-refractivity contribution >= 4 is 21.4 Å². The predicted molar refractivity (Wildman–Crippen MR) is 70.0 cm³/mol. The van der Waals surface area contributed by atoms with Crippen molar-refractivity contribution in [3.63, 3.8) is 0 Å². The largest absolute Gasteiger partial charge is 0.383 e. The van der Waals surface area contributed by atoms with Gasteiger partial charge in [-0.25, -0.2) is 13.4 Å². The van der Waals surface area contributed by atoms with Crippen LogP contribution in [-0.2, 0) is 9.84 Å². The van der Waals surface area contributed by atoms with E-state index in [-0.39, 0.29) is 29.3 Å². The number of carbonyl (C=O) groups is 1. The summed E-state index contributed by atoms with van der Waals surface area (Å²) in [5.41, 5.74) is 12.3. The minimum Gasteiger partial charge on any atom is -0.383 e. The first kappa shape index (κ1) is 14.6. The summed E-state index contributed by atoms with van der Waals surface area (Å²) in [6.45, 7) is 1.78. The number of aromatic nitrogens is 1. The number of hydrogen-bond donors (Lipinski definition) is 2. The van der Waals surface area contributed by atoms with Crippen LogP contribution in [0.5, 0.6) is 0 Å². The zero-order valence-corrected chi connectivity index (χ0v) is 11.2. The highest BCUT2D eigenvalue weighted by Crippen LogP contribution is 2.13.